The van der Waals surface area contributed by atoms with Crippen molar-refractivity contribution in [2.24, 2.45) is 11.7 Å². The standard InChI is InChI=1S/C17H35N3O/c1-14(2)11-19-7-9-20(10-8-19)17(13-18)12-15(3,4)21-16(17,5)6/h14H,7-13,18H2,1-6H3. The summed E-state index contributed by atoms with van der Waals surface area (Å²) in [5, 5.41) is 0. The van der Waals surface area contributed by atoms with Crippen LogP contribution in [0.3, 0.4) is 0 Å². The van der Waals surface area contributed by atoms with Gasteiger partial charge in [-0.2, -0.15) is 0 Å². The van der Waals surface area contributed by atoms with E-state index in [2.05, 4.69) is 51.3 Å². The first-order chi connectivity index (χ1) is 9.62. The molecule has 2 fully saturated rings. The van der Waals surface area contributed by atoms with Crippen molar-refractivity contribution in [1.29, 1.82) is 0 Å². The third kappa shape index (κ3) is 3.29. The monoisotopic (exact) mass is 297 g/mol. The summed E-state index contributed by atoms with van der Waals surface area (Å²) in [4.78, 5) is 5.19. The topological polar surface area (TPSA) is 41.7 Å². The van der Waals surface area contributed by atoms with E-state index in [9.17, 15) is 0 Å². The van der Waals surface area contributed by atoms with Crippen LogP contribution < -0.4 is 5.73 Å². The molecule has 0 aromatic rings. The first kappa shape index (κ1) is 17.2. The van der Waals surface area contributed by atoms with Crippen LogP contribution in [0.25, 0.3) is 0 Å². The second-order valence-electron chi connectivity index (χ2n) is 8.47. The Kier molecular flexibility index (Phi) is 4.75. The lowest BCUT2D eigenvalue weighted by atomic mass is 9.77. The Labute approximate surface area is 131 Å². The molecule has 2 saturated heterocycles. The number of rotatable bonds is 4. The normalized spacial score (nSPS) is 33.7. The van der Waals surface area contributed by atoms with Crippen molar-refractivity contribution in [2.75, 3.05) is 39.3 Å². The summed E-state index contributed by atoms with van der Waals surface area (Å²) >= 11 is 0. The van der Waals surface area contributed by atoms with Gasteiger partial charge in [-0.15, -0.1) is 0 Å². The Morgan fingerprint density at radius 3 is 2.00 bits per heavy atom. The zero-order valence-corrected chi connectivity index (χ0v) is 14.9. The van der Waals surface area contributed by atoms with Gasteiger partial charge in [0.2, 0.25) is 0 Å². The molecule has 0 bridgehead atoms. The van der Waals surface area contributed by atoms with Crippen molar-refractivity contribution in [3.05, 3.63) is 0 Å². The average Bonchev–Trinajstić information content (AvgIpc) is 2.54. The number of piperazine rings is 1. The van der Waals surface area contributed by atoms with Crippen molar-refractivity contribution in [3.8, 4) is 0 Å². The first-order valence-corrected chi connectivity index (χ1v) is 8.49. The van der Waals surface area contributed by atoms with Gasteiger partial charge in [0, 0.05) is 39.3 Å². The summed E-state index contributed by atoms with van der Waals surface area (Å²) in [5.41, 5.74) is 5.97. The highest BCUT2D eigenvalue weighted by Crippen LogP contribution is 2.48. The Hall–Kier alpha value is -0.160. The van der Waals surface area contributed by atoms with E-state index in [0.717, 1.165) is 38.5 Å². The van der Waals surface area contributed by atoms with Gasteiger partial charge in [0.05, 0.1) is 16.7 Å². The minimum Gasteiger partial charge on any atom is -0.368 e. The molecule has 0 aromatic carbocycles. The fraction of sp³-hybridized carbons (Fsp3) is 1.00. The summed E-state index contributed by atoms with van der Waals surface area (Å²) in [7, 11) is 0. The Balaban J connectivity index is 2.09. The van der Waals surface area contributed by atoms with E-state index in [1.54, 1.807) is 0 Å². The van der Waals surface area contributed by atoms with Crippen LogP contribution in [0, 0.1) is 5.92 Å². The highest BCUT2D eigenvalue weighted by Gasteiger charge is 2.59. The van der Waals surface area contributed by atoms with Gasteiger partial charge in [-0.1, -0.05) is 13.8 Å². The Bertz CT molecular complexity index is 359. The van der Waals surface area contributed by atoms with Crippen LogP contribution in [-0.2, 0) is 4.74 Å². The summed E-state index contributed by atoms with van der Waals surface area (Å²) in [5.74, 6) is 0.741. The van der Waals surface area contributed by atoms with E-state index in [0.29, 0.717) is 6.54 Å². The third-order valence-corrected chi connectivity index (χ3v) is 5.31. The van der Waals surface area contributed by atoms with E-state index >= 15 is 0 Å². The van der Waals surface area contributed by atoms with Crippen LogP contribution in [0.15, 0.2) is 0 Å². The molecule has 2 heterocycles. The van der Waals surface area contributed by atoms with Gasteiger partial charge in [0.1, 0.15) is 0 Å². The van der Waals surface area contributed by atoms with Gasteiger partial charge in [-0.3, -0.25) is 4.90 Å². The van der Waals surface area contributed by atoms with Crippen LogP contribution in [-0.4, -0.2) is 65.8 Å². The Morgan fingerprint density at radius 2 is 1.62 bits per heavy atom. The zero-order valence-electron chi connectivity index (χ0n) is 14.9. The predicted octanol–water partition coefficient (Wildman–Crippen LogP) is 1.94. The van der Waals surface area contributed by atoms with Crippen LogP contribution in [0.1, 0.15) is 48.0 Å². The molecule has 0 saturated carbocycles. The van der Waals surface area contributed by atoms with Gasteiger partial charge in [0.25, 0.3) is 0 Å². The second kappa shape index (κ2) is 5.80. The second-order valence-corrected chi connectivity index (χ2v) is 8.47. The lowest BCUT2D eigenvalue weighted by Gasteiger charge is -2.51. The molecule has 4 heteroatoms. The lowest BCUT2D eigenvalue weighted by molar-refractivity contribution is -0.109. The van der Waals surface area contributed by atoms with E-state index in [4.69, 9.17) is 10.5 Å². The number of nitrogens with zero attached hydrogens (tertiary/aromatic N) is 2. The van der Waals surface area contributed by atoms with E-state index in [-0.39, 0.29) is 16.7 Å². The molecule has 1 unspecified atom stereocenters. The molecule has 124 valence electrons. The van der Waals surface area contributed by atoms with Crippen molar-refractivity contribution >= 4 is 0 Å². The molecule has 0 aliphatic carbocycles. The van der Waals surface area contributed by atoms with Gasteiger partial charge in [0.15, 0.2) is 0 Å². The predicted molar refractivity (Wildman–Crippen MR) is 88.5 cm³/mol. The third-order valence-electron chi connectivity index (χ3n) is 5.31. The Morgan fingerprint density at radius 1 is 1.05 bits per heavy atom. The maximum absolute atomic E-state index is 6.35. The summed E-state index contributed by atoms with van der Waals surface area (Å²) in [6.07, 6.45) is 1.02. The fourth-order valence-electron chi connectivity index (χ4n) is 4.55. The molecule has 2 N–H and O–H groups in total. The maximum Gasteiger partial charge on any atom is 0.0830 e. The van der Waals surface area contributed by atoms with E-state index < -0.39 is 0 Å². The number of nitrogens with two attached hydrogens (primary N) is 1. The van der Waals surface area contributed by atoms with Crippen molar-refractivity contribution in [2.45, 2.75) is 64.7 Å². The van der Waals surface area contributed by atoms with Gasteiger partial charge < -0.3 is 15.4 Å². The smallest absolute Gasteiger partial charge is 0.0830 e. The van der Waals surface area contributed by atoms with Crippen molar-refractivity contribution in [1.82, 2.24) is 9.80 Å². The highest BCUT2D eigenvalue weighted by molar-refractivity contribution is 5.13. The maximum atomic E-state index is 6.35. The van der Waals surface area contributed by atoms with Crippen LogP contribution in [0.2, 0.25) is 0 Å². The van der Waals surface area contributed by atoms with E-state index in [1.165, 1.54) is 6.54 Å². The average molecular weight is 297 g/mol. The molecule has 2 aliphatic rings. The van der Waals surface area contributed by atoms with Crippen LogP contribution >= 0.6 is 0 Å². The molecule has 2 aliphatic heterocycles. The molecule has 0 radical (unpaired) electrons. The highest BCUT2D eigenvalue weighted by atomic mass is 16.5. The first-order valence-electron chi connectivity index (χ1n) is 8.49. The summed E-state index contributed by atoms with van der Waals surface area (Å²) in [6.45, 7) is 19.8. The molecule has 4 nitrogen and oxygen atoms in total. The minimum absolute atomic E-state index is 0.0274. The molecule has 1 atom stereocenters. The van der Waals surface area contributed by atoms with Crippen molar-refractivity contribution < 1.29 is 4.74 Å². The van der Waals surface area contributed by atoms with Crippen LogP contribution in [0.4, 0.5) is 0 Å². The molecule has 0 amide bonds. The molecule has 2 rings (SSSR count). The minimum atomic E-state index is -0.189. The summed E-state index contributed by atoms with van der Waals surface area (Å²) in [6, 6.07) is 0. The lowest BCUT2D eigenvalue weighted by Crippen LogP contribution is -2.67. The van der Waals surface area contributed by atoms with Crippen LogP contribution in [0.5, 0.6) is 0 Å². The number of ether oxygens (including phenoxy) is 1. The fourth-order valence-corrected chi connectivity index (χ4v) is 4.55. The summed E-state index contributed by atoms with van der Waals surface area (Å²) < 4.78 is 6.35. The number of hydrogen-bond donors (Lipinski definition) is 1. The van der Waals surface area contributed by atoms with Gasteiger partial charge in [-0.05, 0) is 40.0 Å². The SMILES string of the molecule is CC(C)CN1CCN(C2(CN)CC(C)(C)OC2(C)C)CC1. The zero-order chi connectivity index (χ0) is 15.9. The van der Waals surface area contributed by atoms with Gasteiger partial charge in [-0.25, -0.2) is 0 Å². The molecule has 21 heavy (non-hydrogen) atoms. The molecular weight excluding hydrogens is 262 g/mol. The van der Waals surface area contributed by atoms with E-state index in [1.807, 2.05) is 0 Å². The van der Waals surface area contributed by atoms with Gasteiger partial charge >= 0.3 is 0 Å². The molecule has 0 spiro atoms. The molecular formula is C17H35N3O. The van der Waals surface area contributed by atoms with Crippen molar-refractivity contribution in [3.63, 3.8) is 0 Å². The largest absolute Gasteiger partial charge is 0.368 e. The quantitative estimate of drug-likeness (QED) is 0.861. The number of hydrogen-bond acceptors (Lipinski definition) is 4. The molecule has 0 aromatic heterocycles.